The van der Waals surface area contributed by atoms with Gasteiger partial charge < -0.3 is 10.4 Å². The van der Waals surface area contributed by atoms with Crippen LogP contribution < -0.4 is 5.32 Å². The summed E-state index contributed by atoms with van der Waals surface area (Å²) in [4.78, 5) is 14.1. The van der Waals surface area contributed by atoms with E-state index in [1.807, 2.05) is 32.0 Å². The predicted molar refractivity (Wildman–Crippen MR) is 81.0 cm³/mol. The molecule has 2 N–H and O–H groups in total. The molecule has 0 spiro atoms. The van der Waals surface area contributed by atoms with Crippen molar-refractivity contribution in [1.82, 2.24) is 4.90 Å². The van der Waals surface area contributed by atoms with Crippen LogP contribution in [-0.2, 0) is 4.79 Å². The van der Waals surface area contributed by atoms with E-state index in [2.05, 4.69) is 10.2 Å². The number of amides is 1. The average molecular weight is 297 g/mol. The van der Waals surface area contributed by atoms with Crippen LogP contribution in [0, 0.1) is 12.8 Å². The summed E-state index contributed by atoms with van der Waals surface area (Å²) in [6.07, 6.45) is 0.473. The zero-order valence-electron chi connectivity index (χ0n) is 11.9. The number of hydrogen-bond acceptors (Lipinski definition) is 3. The van der Waals surface area contributed by atoms with Gasteiger partial charge in [0.1, 0.15) is 0 Å². The fraction of sp³-hybridized carbons (Fsp3) is 0.533. The van der Waals surface area contributed by atoms with Crippen molar-refractivity contribution in [3.63, 3.8) is 0 Å². The maximum atomic E-state index is 12.0. The monoisotopic (exact) mass is 296 g/mol. The van der Waals surface area contributed by atoms with E-state index in [0.29, 0.717) is 17.3 Å². The number of anilines is 1. The van der Waals surface area contributed by atoms with Crippen LogP contribution in [0.15, 0.2) is 18.2 Å². The van der Waals surface area contributed by atoms with Crippen LogP contribution in [0.4, 0.5) is 5.69 Å². The van der Waals surface area contributed by atoms with Gasteiger partial charge in [-0.15, -0.1) is 0 Å². The number of nitrogens with one attached hydrogen (secondary N) is 1. The lowest BCUT2D eigenvalue weighted by Crippen LogP contribution is -2.45. The van der Waals surface area contributed by atoms with Crippen LogP contribution in [-0.4, -0.2) is 41.7 Å². The number of aliphatic hydroxyl groups excluding tert-OH is 1. The van der Waals surface area contributed by atoms with Gasteiger partial charge in [-0.25, -0.2) is 0 Å². The SMILES string of the molecule is Cc1ccc(NC(=O)CN2CCC(O)C(C)C2)c(Cl)c1. The minimum atomic E-state index is -0.249. The molecule has 1 heterocycles. The Labute approximate surface area is 124 Å². The van der Waals surface area contributed by atoms with Gasteiger partial charge in [-0.2, -0.15) is 0 Å². The number of benzene rings is 1. The first-order valence-corrected chi connectivity index (χ1v) is 7.30. The molecule has 1 aromatic rings. The van der Waals surface area contributed by atoms with Gasteiger partial charge in [0.05, 0.1) is 23.4 Å². The number of aliphatic hydroxyl groups is 1. The first-order chi connectivity index (χ1) is 9.45. The van der Waals surface area contributed by atoms with Gasteiger partial charge in [-0.05, 0) is 37.0 Å². The molecule has 20 heavy (non-hydrogen) atoms. The second kappa shape index (κ2) is 6.57. The number of aryl methyl sites for hydroxylation is 1. The van der Waals surface area contributed by atoms with Crippen LogP contribution >= 0.6 is 11.6 Å². The molecule has 0 saturated carbocycles. The summed E-state index contributed by atoms with van der Waals surface area (Å²) in [5, 5.41) is 13.1. The van der Waals surface area contributed by atoms with Gasteiger partial charge in [0.15, 0.2) is 0 Å². The van der Waals surface area contributed by atoms with Gasteiger partial charge >= 0.3 is 0 Å². The molecule has 2 atom stereocenters. The molecule has 5 heteroatoms. The summed E-state index contributed by atoms with van der Waals surface area (Å²) in [7, 11) is 0. The molecular formula is C15H21ClN2O2. The Morgan fingerprint density at radius 3 is 2.95 bits per heavy atom. The van der Waals surface area contributed by atoms with E-state index in [1.165, 1.54) is 0 Å². The van der Waals surface area contributed by atoms with Crippen LogP contribution in [0.2, 0.25) is 5.02 Å². The second-order valence-corrected chi connectivity index (χ2v) is 6.01. The molecule has 2 rings (SSSR count). The Kier molecular flexibility index (Phi) is 5.02. The summed E-state index contributed by atoms with van der Waals surface area (Å²) in [5.41, 5.74) is 1.71. The Balaban J connectivity index is 1.89. The topological polar surface area (TPSA) is 52.6 Å². The standard InChI is InChI=1S/C15H21ClN2O2/c1-10-3-4-13(12(16)7-10)17-15(20)9-18-6-5-14(19)11(2)8-18/h3-4,7,11,14,19H,5-6,8-9H2,1-2H3,(H,17,20). The summed E-state index contributed by atoms with van der Waals surface area (Å²) in [6.45, 7) is 5.79. The number of rotatable bonds is 3. The third-order valence-electron chi connectivity index (χ3n) is 3.71. The number of carbonyl (C=O) groups excluding carboxylic acids is 1. The van der Waals surface area contributed by atoms with E-state index in [0.717, 1.165) is 25.1 Å². The normalized spacial score (nSPS) is 23.6. The van der Waals surface area contributed by atoms with Crippen LogP contribution in [0.5, 0.6) is 0 Å². The number of hydrogen-bond donors (Lipinski definition) is 2. The van der Waals surface area contributed by atoms with Crippen molar-refractivity contribution < 1.29 is 9.90 Å². The molecule has 0 bridgehead atoms. The highest BCUT2D eigenvalue weighted by Crippen LogP contribution is 2.23. The van der Waals surface area contributed by atoms with Gasteiger partial charge in [-0.3, -0.25) is 9.69 Å². The van der Waals surface area contributed by atoms with Crippen LogP contribution in [0.3, 0.4) is 0 Å². The van der Waals surface area contributed by atoms with Gasteiger partial charge in [0.25, 0.3) is 0 Å². The molecule has 1 aliphatic heterocycles. The molecule has 0 aromatic heterocycles. The molecule has 1 fully saturated rings. The van der Waals surface area contributed by atoms with Crippen molar-refractivity contribution in [2.75, 3.05) is 25.0 Å². The number of piperidine rings is 1. The van der Waals surface area contributed by atoms with E-state index in [4.69, 9.17) is 11.6 Å². The van der Waals surface area contributed by atoms with E-state index in [-0.39, 0.29) is 17.9 Å². The molecule has 2 unspecified atom stereocenters. The van der Waals surface area contributed by atoms with Gasteiger partial charge in [-0.1, -0.05) is 24.6 Å². The Morgan fingerprint density at radius 2 is 2.30 bits per heavy atom. The van der Waals surface area contributed by atoms with Crippen LogP contribution in [0.25, 0.3) is 0 Å². The lowest BCUT2D eigenvalue weighted by atomic mass is 9.97. The third kappa shape index (κ3) is 3.95. The quantitative estimate of drug-likeness (QED) is 0.900. The summed E-state index contributed by atoms with van der Waals surface area (Å²) in [5.74, 6) is 0.138. The summed E-state index contributed by atoms with van der Waals surface area (Å²) < 4.78 is 0. The first kappa shape index (κ1) is 15.3. The Morgan fingerprint density at radius 1 is 1.55 bits per heavy atom. The van der Waals surface area contributed by atoms with Crippen molar-refractivity contribution in [2.45, 2.75) is 26.4 Å². The lowest BCUT2D eigenvalue weighted by Gasteiger charge is -2.33. The van der Waals surface area contributed by atoms with E-state index in [9.17, 15) is 9.90 Å². The maximum absolute atomic E-state index is 12.0. The van der Waals surface area contributed by atoms with Crippen molar-refractivity contribution in [1.29, 1.82) is 0 Å². The van der Waals surface area contributed by atoms with Gasteiger partial charge in [0, 0.05) is 13.1 Å². The molecule has 0 radical (unpaired) electrons. The van der Waals surface area contributed by atoms with Gasteiger partial charge in [0.2, 0.25) is 5.91 Å². The van der Waals surface area contributed by atoms with Crippen molar-refractivity contribution >= 4 is 23.2 Å². The smallest absolute Gasteiger partial charge is 0.238 e. The van der Waals surface area contributed by atoms with Crippen LogP contribution in [0.1, 0.15) is 18.9 Å². The van der Waals surface area contributed by atoms with Crippen molar-refractivity contribution in [3.8, 4) is 0 Å². The molecule has 110 valence electrons. The van der Waals surface area contributed by atoms with E-state index in [1.54, 1.807) is 0 Å². The molecule has 4 nitrogen and oxygen atoms in total. The van der Waals surface area contributed by atoms with E-state index >= 15 is 0 Å². The zero-order valence-corrected chi connectivity index (χ0v) is 12.7. The second-order valence-electron chi connectivity index (χ2n) is 5.60. The molecule has 0 aliphatic carbocycles. The number of nitrogens with zero attached hydrogens (tertiary/aromatic N) is 1. The molecule has 1 aliphatic rings. The summed E-state index contributed by atoms with van der Waals surface area (Å²) in [6, 6.07) is 5.56. The van der Waals surface area contributed by atoms with Crippen molar-refractivity contribution in [2.24, 2.45) is 5.92 Å². The molecule has 1 aromatic carbocycles. The fourth-order valence-corrected chi connectivity index (χ4v) is 2.76. The minimum absolute atomic E-state index is 0.0701. The number of halogens is 1. The maximum Gasteiger partial charge on any atom is 0.238 e. The highest BCUT2D eigenvalue weighted by molar-refractivity contribution is 6.33. The lowest BCUT2D eigenvalue weighted by molar-refractivity contribution is -0.118. The van der Waals surface area contributed by atoms with Crippen molar-refractivity contribution in [3.05, 3.63) is 28.8 Å². The zero-order chi connectivity index (χ0) is 14.7. The molecule has 1 amide bonds. The first-order valence-electron chi connectivity index (χ1n) is 6.92. The Hall–Kier alpha value is -1.10. The largest absolute Gasteiger partial charge is 0.393 e. The molecule has 1 saturated heterocycles. The third-order valence-corrected chi connectivity index (χ3v) is 4.02. The fourth-order valence-electron chi connectivity index (χ4n) is 2.48. The predicted octanol–water partition coefficient (Wildman–Crippen LogP) is 2.29. The highest BCUT2D eigenvalue weighted by Gasteiger charge is 2.25. The minimum Gasteiger partial charge on any atom is -0.393 e. The number of likely N-dealkylation sites (tertiary alicyclic amines) is 1. The van der Waals surface area contributed by atoms with E-state index < -0.39 is 0 Å². The number of carbonyl (C=O) groups is 1. The molecular weight excluding hydrogens is 276 g/mol. The summed E-state index contributed by atoms with van der Waals surface area (Å²) >= 11 is 6.10. The Bertz CT molecular complexity index is 493. The average Bonchev–Trinajstić information content (AvgIpc) is 2.37. The highest BCUT2D eigenvalue weighted by atomic mass is 35.5.